The van der Waals surface area contributed by atoms with Gasteiger partial charge in [0.05, 0.1) is 6.61 Å². The SMILES string of the molecule is OCCNC1CCSc2ccc(Cl)cc21. The summed E-state index contributed by atoms with van der Waals surface area (Å²) in [6.45, 7) is 0.820. The molecule has 1 heterocycles. The highest BCUT2D eigenvalue weighted by Gasteiger charge is 2.19. The molecule has 1 aromatic rings. The molecule has 0 spiro atoms. The van der Waals surface area contributed by atoms with Crippen molar-refractivity contribution in [2.75, 3.05) is 18.9 Å². The summed E-state index contributed by atoms with van der Waals surface area (Å²) in [6, 6.07) is 6.38. The molecule has 1 aromatic carbocycles. The van der Waals surface area contributed by atoms with Gasteiger partial charge in [0.1, 0.15) is 0 Å². The monoisotopic (exact) mass is 243 g/mol. The van der Waals surface area contributed by atoms with Gasteiger partial charge in [0.2, 0.25) is 0 Å². The van der Waals surface area contributed by atoms with Gasteiger partial charge in [0.25, 0.3) is 0 Å². The third-order valence-corrected chi connectivity index (χ3v) is 3.87. The molecule has 1 aliphatic rings. The van der Waals surface area contributed by atoms with Gasteiger partial charge in [-0.15, -0.1) is 11.8 Å². The van der Waals surface area contributed by atoms with Gasteiger partial charge in [-0.1, -0.05) is 11.6 Å². The quantitative estimate of drug-likeness (QED) is 0.856. The first-order chi connectivity index (χ1) is 7.31. The van der Waals surface area contributed by atoms with Gasteiger partial charge in [-0.3, -0.25) is 0 Å². The number of hydrogen-bond acceptors (Lipinski definition) is 3. The number of nitrogens with one attached hydrogen (secondary N) is 1. The molecule has 1 unspecified atom stereocenters. The first-order valence-corrected chi connectivity index (χ1v) is 6.44. The number of rotatable bonds is 3. The molecule has 0 amide bonds. The minimum Gasteiger partial charge on any atom is -0.395 e. The molecule has 0 aromatic heterocycles. The summed E-state index contributed by atoms with van der Waals surface area (Å²) in [5.41, 5.74) is 1.27. The van der Waals surface area contributed by atoms with Crippen molar-refractivity contribution in [3.8, 4) is 0 Å². The summed E-state index contributed by atoms with van der Waals surface area (Å²) in [4.78, 5) is 1.31. The van der Waals surface area contributed by atoms with E-state index in [2.05, 4.69) is 11.4 Å². The van der Waals surface area contributed by atoms with Crippen LogP contribution < -0.4 is 5.32 Å². The van der Waals surface area contributed by atoms with Crippen LogP contribution in [0.25, 0.3) is 0 Å². The Bertz CT molecular complexity index is 345. The standard InChI is InChI=1S/C11H14ClNOS/c12-8-1-2-11-9(7-8)10(3-6-15-11)13-4-5-14/h1-2,7,10,13-14H,3-6H2. The maximum Gasteiger partial charge on any atom is 0.0556 e. The van der Waals surface area contributed by atoms with Gasteiger partial charge in [-0.2, -0.15) is 0 Å². The van der Waals surface area contributed by atoms with E-state index in [4.69, 9.17) is 16.7 Å². The van der Waals surface area contributed by atoms with Gasteiger partial charge in [0, 0.05) is 22.5 Å². The Hall–Kier alpha value is -0.220. The summed E-state index contributed by atoms with van der Waals surface area (Å²) in [7, 11) is 0. The fourth-order valence-corrected chi connectivity index (χ4v) is 3.10. The highest BCUT2D eigenvalue weighted by molar-refractivity contribution is 7.99. The topological polar surface area (TPSA) is 32.3 Å². The summed E-state index contributed by atoms with van der Waals surface area (Å²) in [5.74, 6) is 1.12. The molecule has 2 nitrogen and oxygen atoms in total. The Morgan fingerprint density at radius 1 is 1.53 bits per heavy atom. The van der Waals surface area contributed by atoms with E-state index in [1.165, 1.54) is 10.5 Å². The molecule has 0 saturated carbocycles. The molecule has 1 atom stereocenters. The number of hydrogen-bond donors (Lipinski definition) is 2. The summed E-state index contributed by atoms with van der Waals surface area (Å²) < 4.78 is 0. The van der Waals surface area contributed by atoms with Crippen LogP contribution in [0.5, 0.6) is 0 Å². The molecule has 0 saturated heterocycles. The first-order valence-electron chi connectivity index (χ1n) is 5.08. The van der Waals surface area contributed by atoms with Crippen LogP contribution in [0.1, 0.15) is 18.0 Å². The molecule has 0 fully saturated rings. The average molecular weight is 244 g/mol. The maximum atomic E-state index is 8.81. The van der Waals surface area contributed by atoms with Crippen LogP contribution >= 0.6 is 23.4 Å². The van der Waals surface area contributed by atoms with Crippen molar-refractivity contribution in [1.29, 1.82) is 0 Å². The van der Waals surface area contributed by atoms with Crippen molar-refractivity contribution in [1.82, 2.24) is 5.32 Å². The smallest absolute Gasteiger partial charge is 0.0556 e. The Labute approximate surface area is 99.0 Å². The van der Waals surface area contributed by atoms with Gasteiger partial charge in [-0.05, 0) is 35.9 Å². The van der Waals surface area contributed by atoms with Crippen LogP contribution in [0.4, 0.5) is 0 Å². The molecular formula is C11H14ClNOS. The van der Waals surface area contributed by atoms with Crippen LogP contribution in [-0.2, 0) is 0 Å². The molecule has 4 heteroatoms. The van der Waals surface area contributed by atoms with E-state index in [-0.39, 0.29) is 6.61 Å². The number of fused-ring (bicyclic) bond motifs is 1. The molecule has 2 rings (SSSR count). The van der Waals surface area contributed by atoms with E-state index in [1.54, 1.807) is 0 Å². The largest absolute Gasteiger partial charge is 0.395 e. The van der Waals surface area contributed by atoms with Crippen molar-refractivity contribution in [3.63, 3.8) is 0 Å². The number of aliphatic hydroxyl groups excluding tert-OH is 1. The van der Waals surface area contributed by atoms with Crippen LogP contribution in [0, 0.1) is 0 Å². The van der Waals surface area contributed by atoms with E-state index >= 15 is 0 Å². The fourth-order valence-electron chi connectivity index (χ4n) is 1.82. The number of benzene rings is 1. The van der Waals surface area contributed by atoms with Crippen molar-refractivity contribution in [3.05, 3.63) is 28.8 Å². The van der Waals surface area contributed by atoms with Gasteiger partial charge in [0.15, 0.2) is 0 Å². The molecule has 1 aliphatic heterocycles. The molecule has 0 bridgehead atoms. The number of halogens is 1. The highest BCUT2D eigenvalue weighted by Crippen LogP contribution is 2.37. The van der Waals surface area contributed by atoms with E-state index < -0.39 is 0 Å². The normalized spacial score (nSPS) is 20.0. The lowest BCUT2D eigenvalue weighted by Crippen LogP contribution is -2.27. The molecule has 0 radical (unpaired) electrons. The van der Waals surface area contributed by atoms with E-state index in [1.807, 2.05) is 23.9 Å². The van der Waals surface area contributed by atoms with Crippen LogP contribution in [-0.4, -0.2) is 24.0 Å². The van der Waals surface area contributed by atoms with E-state index in [9.17, 15) is 0 Å². The maximum absolute atomic E-state index is 8.81. The average Bonchev–Trinajstić information content (AvgIpc) is 2.26. The predicted molar refractivity (Wildman–Crippen MR) is 64.6 cm³/mol. The van der Waals surface area contributed by atoms with E-state index in [0.717, 1.165) is 17.2 Å². The number of thioether (sulfide) groups is 1. The molecule has 15 heavy (non-hydrogen) atoms. The second-order valence-electron chi connectivity index (χ2n) is 3.55. The van der Waals surface area contributed by atoms with Crippen molar-refractivity contribution in [2.45, 2.75) is 17.4 Å². The van der Waals surface area contributed by atoms with Gasteiger partial charge in [-0.25, -0.2) is 0 Å². The minimum atomic E-state index is 0.180. The zero-order valence-corrected chi connectivity index (χ0v) is 9.94. The van der Waals surface area contributed by atoms with Crippen LogP contribution in [0.2, 0.25) is 5.02 Å². The minimum absolute atomic E-state index is 0.180. The lowest BCUT2D eigenvalue weighted by molar-refractivity contribution is 0.283. The van der Waals surface area contributed by atoms with E-state index in [0.29, 0.717) is 12.6 Å². The molecule has 82 valence electrons. The molecule has 2 N–H and O–H groups in total. The van der Waals surface area contributed by atoms with Crippen molar-refractivity contribution >= 4 is 23.4 Å². The Kier molecular flexibility index (Phi) is 3.92. The van der Waals surface area contributed by atoms with Gasteiger partial charge >= 0.3 is 0 Å². The molecular weight excluding hydrogens is 230 g/mol. The Balaban J connectivity index is 2.20. The highest BCUT2D eigenvalue weighted by atomic mass is 35.5. The lowest BCUT2D eigenvalue weighted by Gasteiger charge is -2.26. The van der Waals surface area contributed by atoms with Crippen molar-refractivity contribution in [2.24, 2.45) is 0 Å². The zero-order valence-electron chi connectivity index (χ0n) is 8.37. The fraction of sp³-hybridized carbons (Fsp3) is 0.455. The zero-order chi connectivity index (χ0) is 10.7. The predicted octanol–water partition coefficient (Wildman–Crippen LogP) is 2.46. The second kappa shape index (κ2) is 5.21. The van der Waals surface area contributed by atoms with Crippen molar-refractivity contribution < 1.29 is 5.11 Å². The first kappa shape index (κ1) is 11.3. The summed E-state index contributed by atoms with van der Waals surface area (Å²) in [5, 5.41) is 12.9. The third-order valence-electron chi connectivity index (χ3n) is 2.51. The Morgan fingerprint density at radius 3 is 3.20 bits per heavy atom. The Morgan fingerprint density at radius 2 is 2.40 bits per heavy atom. The summed E-state index contributed by atoms with van der Waals surface area (Å²) >= 11 is 7.86. The number of aliphatic hydroxyl groups is 1. The third kappa shape index (κ3) is 2.67. The summed E-state index contributed by atoms with van der Waals surface area (Å²) in [6.07, 6.45) is 1.10. The van der Waals surface area contributed by atoms with Crippen LogP contribution in [0.15, 0.2) is 23.1 Å². The van der Waals surface area contributed by atoms with Gasteiger partial charge < -0.3 is 10.4 Å². The van der Waals surface area contributed by atoms with Crippen LogP contribution in [0.3, 0.4) is 0 Å². The molecule has 0 aliphatic carbocycles. The second-order valence-corrected chi connectivity index (χ2v) is 5.12. The lowest BCUT2D eigenvalue weighted by atomic mass is 10.0.